The van der Waals surface area contributed by atoms with Crippen molar-refractivity contribution in [3.63, 3.8) is 0 Å². The van der Waals surface area contributed by atoms with Gasteiger partial charge >= 0.3 is 160 Å². The zero-order valence-electron chi connectivity index (χ0n) is 13.4. The van der Waals surface area contributed by atoms with Gasteiger partial charge in [-0.3, -0.25) is 0 Å². The summed E-state index contributed by atoms with van der Waals surface area (Å²) in [4.78, 5) is 13.3. The number of para-hydroxylation sites is 2. The molecule has 123 valence electrons. The van der Waals surface area contributed by atoms with Crippen molar-refractivity contribution in [3.8, 4) is 5.82 Å². The first-order valence-electron chi connectivity index (χ1n) is 7.65. The summed E-state index contributed by atoms with van der Waals surface area (Å²) in [5.41, 5.74) is 9.12. The van der Waals surface area contributed by atoms with Gasteiger partial charge in [0.05, 0.1) is 0 Å². The minimum atomic E-state index is -0.318. The van der Waals surface area contributed by atoms with Crippen molar-refractivity contribution in [2.45, 2.75) is 6.92 Å². The van der Waals surface area contributed by atoms with E-state index in [0.717, 1.165) is 25.9 Å². The number of aryl methyl sites for hydroxylation is 1. The van der Waals surface area contributed by atoms with Crippen LogP contribution in [0.5, 0.6) is 0 Å². The van der Waals surface area contributed by atoms with Crippen LogP contribution in [0.2, 0.25) is 0 Å². The first-order chi connectivity index (χ1) is 12.1. The van der Waals surface area contributed by atoms with Crippen LogP contribution in [-0.2, 0) is 0 Å². The Labute approximate surface area is 160 Å². The summed E-state index contributed by atoms with van der Waals surface area (Å²) in [7, 11) is 0. The van der Waals surface area contributed by atoms with Gasteiger partial charge in [-0.2, -0.15) is 0 Å². The van der Waals surface area contributed by atoms with Crippen molar-refractivity contribution in [3.05, 3.63) is 64.9 Å². The molecule has 0 amide bonds. The fourth-order valence-corrected chi connectivity index (χ4v) is 5.74. The van der Waals surface area contributed by atoms with Gasteiger partial charge in [0.25, 0.3) is 0 Å². The number of fused-ring (bicyclic) bond motifs is 1. The molecule has 0 fully saturated rings. The standard InChI is InChI=1S/C18H14AsBrN5/c1-11-6-7-12(20)8-13(11)19-18-24-14-4-2-3-5-15(14)25(18)17-9-16(21)22-10-23-17/h2-10H,1H3,(H2,21,22,23). The van der Waals surface area contributed by atoms with E-state index in [2.05, 4.69) is 61.7 Å². The van der Waals surface area contributed by atoms with Gasteiger partial charge in [-0.05, 0) is 0 Å². The van der Waals surface area contributed by atoms with E-state index in [9.17, 15) is 0 Å². The summed E-state index contributed by atoms with van der Waals surface area (Å²) < 4.78 is 5.49. The van der Waals surface area contributed by atoms with Crippen LogP contribution >= 0.6 is 15.9 Å². The number of hydrogen-bond acceptors (Lipinski definition) is 4. The molecule has 0 saturated heterocycles. The number of rotatable bonds is 3. The topological polar surface area (TPSA) is 69.6 Å². The number of anilines is 1. The summed E-state index contributed by atoms with van der Waals surface area (Å²) >= 11 is 3.25. The monoisotopic (exact) mass is 454 g/mol. The Morgan fingerprint density at radius 2 is 1.92 bits per heavy atom. The third-order valence-corrected chi connectivity index (χ3v) is 6.90. The molecule has 25 heavy (non-hydrogen) atoms. The van der Waals surface area contributed by atoms with Gasteiger partial charge in [0, 0.05) is 0 Å². The van der Waals surface area contributed by atoms with Gasteiger partial charge < -0.3 is 0 Å². The average Bonchev–Trinajstić information content (AvgIpc) is 2.96. The minimum absolute atomic E-state index is 0.318. The number of nitrogens with two attached hydrogens (primary N) is 1. The molecule has 2 heterocycles. The fraction of sp³-hybridized carbons (Fsp3) is 0.0556. The first-order valence-corrected chi connectivity index (χ1v) is 10.3. The van der Waals surface area contributed by atoms with E-state index in [0.29, 0.717) is 5.82 Å². The SMILES string of the molecule is Cc1ccc(Br)cc1[As]c1nc2ccccc2n1-c1cc(N)ncn1. The molecule has 2 aromatic carbocycles. The van der Waals surface area contributed by atoms with Crippen molar-refractivity contribution in [2.75, 3.05) is 5.73 Å². The van der Waals surface area contributed by atoms with Crippen molar-refractivity contribution in [2.24, 2.45) is 0 Å². The number of halogens is 1. The normalized spacial score (nSPS) is 11.6. The molecule has 0 unspecified atom stereocenters. The molecule has 0 aliphatic carbocycles. The van der Waals surface area contributed by atoms with Crippen LogP contribution in [0.3, 0.4) is 0 Å². The molecule has 0 saturated carbocycles. The van der Waals surface area contributed by atoms with Crippen LogP contribution in [-0.4, -0.2) is 35.3 Å². The van der Waals surface area contributed by atoms with Gasteiger partial charge in [0.15, 0.2) is 0 Å². The fourth-order valence-electron chi connectivity index (χ4n) is 2.61. The maximum absolute atomic E-state index is 5.87. The molecule has 2 N–H and O–H groups in total. The number of benzene rings is 2. The summed E-state index contributed by atoms with van der Waals surface area (Å²) in [6, 6.07) is 16.2. The molecular weight excluding hydrogens is 441 g/mol. The van der Waals surface area contributed by atoms with E-state index < -0.39 is 0 Å². The average molecular weight is 455 g/mol. The Bertz CT molecular complexity index is 1080. The van der Waals surface area contributed by atoms with Crippen LogP contribution in [0.25, 0.3) is 16.9 Å². The third kappa shape index (κ3) is 3.19. The van der Waals surface area contributed by atoms with Crippen molar-refractivity contribution in [1.82, 2.24) is 19.5 Å². The van der Waals surface area contributed by atoms with E-state index in [4.69, 9.17) is 10.7 Å². The van der Waals surface area contributed by atoms with Crippen molar-refractivity contribution >= 4 is 57.5 Å². The van der Waals surface area contributed by atoms with Crippen molar-refractivity contribution in [1.29, 1.82) is 0 Å². The molecule has 0 atom stereocenters. The maximum atomic E-state index is 5.87. The summed E-state index contributed by atoms with van der Waals surface area (Å²) in [5.74, 6) is 1.20. The zero-order valence-corrected chi connectivity index (χ0v) is 16.9. The van der Waals surface area contributed by atoms with Gasteiger partial charge in [-0.1, -0.05) is 0 Å². The first kappa shape index (κ1) is 16.3. The Morgan fingerprint density at radius 3 is 2.76 bits per heavy atom. The molecule has 0 aliphatic rings. The molecule has 0 bridgehead atoms. The zero-order chi connectivity index (χ0) is 17.4. The second-order valence-electron chi connectivity index (χ2n) is 5.58. The second kappa shape index (κ2) is 6.62. The van der Waals surface area contributed by atoms with Crippen LogP contribution in [0.4, 0.5) is 5.82 Å². The molecule has 5 nitrogen and oxygen atoms in total. The van der Waals surface area contributed by atoms with E-state index in [-0.39, 0.29) is 15.8 Å². The van der Waals surface area contributed by atoms with Crippen LogP contribution in [0, 0.1) is 6.92 Å². The van der Waals surface area contributed by atoms with Gasteiger partial charge in [-0.15, -0.1) is 0 Å². The molecule has 0 aliphatic heterocycles. The summed E-state index contributed by atoms with van der Waals surface area (Å²) in [5, 5.41) is 0. The Balaban J connectivity index is 1.91. The second-order valence-corrected chi connectivity index (χ2v) is 8.81. The molecule has 2 aromatic heterocycles. The molecular formula is C18H14AsBrN5. The summed E-state index contributed by atoms with van der Waals surface area (Å²) in [6.45, 7) is 2.13. The van der Waals surface area contributed by atoms with Gasteiger partial charge in [0.1, 0.15) is 0 Å². The van der Waals surface area contributed by atoms with E-state index in [1.165, 1.54) is 16.2 Å². The predicted octanol–water partition coefficient (Wildman–Crippen LogP) is 2.12. The predicted molar refractivity (Wildman–Crippen MR) is 105 cm³/mol. The Kier molecular flexibility index (Phi) is 4.32. The molecule has 0 spiro atoms. The van der Waals surface area contributed by atoms with Gasteiger partial charge in [0.2, 0.25) is 0 Å². The Hall–Kier alpha value is -2.17. The molecule has 4 rings (SSSR count). The Morgan fingerprint density at radius 1 is 1.08 bits per heavy atom. The van der Waals surface area contributed by atoms with E-state index in [1.54, 1.807) is 6.07 Å². The van der Waals surface area contributed by atoms with E-state index >= 15 is 0 Å². The molecule has 1 radical (unpaired) electrons. The number of nitrogens with zero attached hydrogens (tertiary/aromatic N) is 4. The van der Waals surface area contributed by atoms with E-state index in [1.807, 2.05) is 18.2 Å². The van der Waals surface area contributed by atoms with Crippen LogP contribution in [0.1, 0.15) is 5.56 Å². The number of aromatic nitrogens is 4. The van der Waals surface area contributed by atoms with Crippen molar-refractivity contribution < 1.29 is 0 Å². The molecule has 7 heteroatoms. The number of nitrogen functional groups attached to an aromatic ring is 1. The number of imidazole rings is 1. The third-order valence-electron chi connectivity index (χ3n) is 3.84. The van der Waals surface area contributed by atoms with Gasteiger partial charge in [-0.25, -0.2) is 0 Å². The van der Waals surface area contributed by atoms with Crippen LogP contribution < -0.4 is 14.7 Å². The van der Waals surface area contributed by atoms with Crippen LogP contribution in [0.15, 0.2) is 59.3 Å². The molecule has 4 aromatic rings. The quantitative estimate of drug-likeness (QED) is 0.481. The summed E-state index contributed by atoms with van der Waals surface area (Å²) in [6.07, 6.45) is 1.49. The number of hydrogen-bond donors (Lipinski definition) is 1.